The molecular formula is C15H13FN2O. The van der Waals surface area contributed by atoms with Gasteiger partial charge in [0.2, 0.25) is 0 Å². The number of nitrogens with two attached hydrogens (primary N) is 1. The average Bonchev–Trinajstić information content (AvgIpc) is 2.42. The number of ether oxygens (including phenoxy) is 1. The highest BCUT2D eigenvalue weighted by atomic mass is 19.1. The van der Waals surface area contributed by atoms with E-state index in [2.05, 4.69) is 6.07 Å². The molecule has 0 aromatic heterocycles. The van der Waals surface area contributed by atoms with Crippen molar-refractivity contribution >= 4 is 0 Å². The minimum atomic E-state index is -0.316. The third-order valence-electron chi connectivity index (χ3n) is 2.76. The maximum atomic E-state index is 13.0. The zero-order valence-corrected chi connectivity index (χ0v) is 10.5. The third-order valence-corrected chi connectivity index (χ3v) is 2.76. The molecule has 0 fully saturated rings. The van der Waals surface area contributed by atoms with Gasteiger partial charge in [-0.25, -0.2) is 4.39 Å². The lowest BCUT2D eigenvalue weighted by Gasteiger charge is -2.10. The summed E-state index contributed by atoms with van der Waals surface area (Å²) in [6, 6.07) is 11.5. The van der Waals surface area contributed by atoms with Crippen molar-refractivity contribution in [3.05, 3.63) is 58.9 Å². The summed E-state index contributed by atoms with van der Waals surface area (Å²) < 4.78 is 18.7. The fourth-order valence-electron chi connectivity index (χ4n) is 1.73. The van der Waals surface area contributed by atoms with Gasteiger partial charge in [0, 0.05) is 6.54 Å². The van der Waals surface area contributed by atoms with E-state index in [4.69, 9.17) is 15.7 Å². The van der Waals surface area contributed by atoms with E-state index in [0.29, 0.717) is 29.2 Å². The molecule has 0 heterocycles. The molecule has 2 N–H and O–H groups in total. The van der Waals surface area contributed by atoms with Crippen molar-refractivity contribution in [2.24, 2.45) is 5.73 Å². The first-order valence-electron chi connectivity index (χ1n) is 5.81. The Morgan fingerprint density at radius 1 is 1.21 bits per heavy atom. The van der Waals surface area contributed by atoms with Gasteiger partial charge in [0.15, 0.2) is 0 Å². The number of nitrogens with zero attached hydrogens (tertiary/aromatic N) is 1. The van der Waals surface area contributed by atoms with Gasteiger partial charge in [-0.2, -0.15) is 5.26 Å². The van der Waals surface area contributed by atoms with Crippen LogP contribution in [0.1, 0.15) is 16.7 Å². The Bertz CT molecular complexity index is 647. The van der Waals surface area contributed by atoms with Crippen LogP contribution >= 0.6 is 0 Å². The van der Waals surface area contributed by atoms with Gasteiger partial charge in [-0.15, -0.1) is 0 Å². The Kier molecular flexibility index (Phi) is 3.79. The van der Waals surface area contributed by atoms with Crippen LogP contribution < -0.4 is 10.5 Å². The SMILES string of the molecule is Cc1cc(F)ccc1Oc1ccc(CN)cc1C#N. The maximum absolute atomic E-state index is 13.0. The zero-order valence-electron chi connectivity index (χ0n) is 10.5. The van der Waals surface area contributed by atoms with E-state index in [9.17, 15) is 4.39 Å². The highest BCUT2D eigenvalue weighted by Gasteiger charge is 2.08. The van der Waals surface area contributed by atoms with Crippen LogP contribution in [-0.4, -0.2) is 0 Å². The van der Waals surface area contributed by atoms with Crippen molar-refractivity contribution in [2.45, 2.75) is 13.5 Å². The average molecular weight is 256 g/mol. The lowest BCUT2D eigenvalue weighted by molar-refractivity contribution is 0.475. The second-order valence-corrected chi connectivity index (χ2v) is 4.16. The van der Waals surface area contributed by atoms with Gasteiger partial charge in [0.25, 0.3) is 0 Å². The van der Waals surface area contributed by atoms with E-state index < -0.39 is 0 Å². The van der Waals surface area contributed by atoms with Gasteiger partial charge >= 0.3 is 0 Å². The number of nitriles is 1. The number of hydrogen-bond acceptors (Lipinski definition) is 3. The van der Waals surface area contributed by atoms with Crippen LogP contribution in [0.4, 0.5) is 4.39 Å². The zero-order chi connectivity index (χ0) is 13.8. The summed E-state index contributed by atoms with van der Waals surface area (Å²) >= 11 is 0. The molecule has 96 valence electrons. The second kappa shape index (κ2) is 5.51. The lowest BCUT2D eigenvalue weighted by Crippen LogP contribution is -1.98. The lowest BCUT2D eigenvalue weighted by atomic mass is 10.1. The molecule has 0 atom stereocenters. The van der Waals surface area contributed by atoms with Crippen LogP contribution in [0.25, 0.3) is 0 Å². The molecule has 4 heteroatoms. The highest BCUT2D eigenvalue weighted by Crippen LogP contribution is 2.28. The fraction of sp³-hybridized carbons (Fsp3) is 0.133. The highest BCUT2D eigenvalue weighted by molar-refractivity contribution is 5.48. The Morgan fingerprint density at radius 2 is 1.95 bits per heavy atom. The molecule has 0 aliphatic carbocycles. The Morgan fingerprint density at radius 3 is 2.58 bits per heavy atom. The molecule has 2 aromatic carbocycles. The maximum Gasteiger partial charge on any atom is 0.145 e. The molecule has 0 aliphatic rings. The number of hydrogen-bond donors (Lipinski definition) is 1. The van der Waals surface area contributed by atoms with E-state index in [1.54, 1.807) is 31.2 Å². The quantitative estimate of drug-likeness (QED) is 0.916. The summed E-state index contributed by atoms with van der Waals surface area (Å²) in [7, 11) is 0. The Hall–Kier alpha value is -2.38. The van der Waals surface area contributed by atoms with Crippen molar-refractivity contribution < 1.29 is 9.13 Å². The van der Waals surface area contributed by atoms with E-state index in [0.717, 1.165) is 5.56 Å². The molecule has 0 saturated carbocycles. The predicted octanol–water partition coefficient (Wildman–Crippen LogP) is 3.26. The monoisotopic (exact) mass is 256 g/mol. The molecule has 2 rings (SSSR count). The van der Waals surface area contributed by atoms with Crippen molar-refractivity contribution in [1.82, 2.24) is 0 Å². The first kappa shape index (κ1) is 13.1. The molecule has 19 heavy (non-hydrogen) atoms. The Labute approximate surface area is 111 Å². The molecule has 0 unspecified atom stereocenters. The molecule has 2 aromatic rings. The van der Waals surface area contributed by atoms with Crippen molar-refractivity contribution in [1.29, 1.82) is 5.26 Å². The van der Waals surface area contributed by atoms with Gasteiger partial charge in [-0.1, -0.05) is 6.07 Å². The largest absolute Gasteiger partial charge is 0.456 e. The summed E-state index contributed by atoms with van der Waals surface area (Å²) in [6.45, 7) is 2.11. The van der Waals surface area contributed by atoms with Crippen LogP contribution in [0.2, 0.25) is 0 Å². The van der Waals surface area contributed by atoms with Gasteiger partial charge in [0.1, 0.15) is 23.4 Å². The Balaban J connectivity index is 2.35. The van der Waals surface area contributed by atoms with Crippen molar-refractivity contribution in [3.8, 4) is 17.6 Å². The van der Waals surface area contributed by atoms with Gasteiger partial charge < -0.3 is 10.5 Å². The summed E-state index contributed by atoms with van der Waals surface area (Å²) in [5.41, 5.74) is 7.47. The summed E-state index contributed by atoms with van der Waals surface area (Å²) in [5.74, 6) is 0.650. The number of halogens is 1. The summed E-state index contributed by atoms with van der Waals surface area (Å²) in [4.78, 5) is 0. The molecule has 0 saturated heterocycles. The molecule has 0 spiro atoms. The molecule has 0 amide bonds. The number of aryl methyl sites for hydroxylation is 1. The molecule has 0 radical (unpaired) electrons. The van der Waals surface area contributed by atoms with Gasteiger partial charge in [-0.05, 0) is 48.4 Å². The first-order chi connectivity index (χ1) is 9.13. The van der Waals surface area contributed by atoms with E-state index in [1.807, 2.05) is 0 Å². The topological polar surface area (TPSA) is 59.0 Å². The minimum absolute atomic E-state index is 0.316. The smallest absolute Gasteiger partial charge is 0.145 e. The molecule has 0 bridgehead atoms. The number of benzene rings is 2. The molecule has 0 aliphatic heterocycles. The van der Waals surface area contributed by atoms with E-state index in [1.165, 1.54) is 12.1 Å². The normalized spacial score (nSPS) is 10.0. The van der Waals surface area contributed by atoms with Crippen molar-refractivity contribution in [2.75, 3.05) is 0 Å². The fourth-order valence-corrected chi connectivity index (χ4v) is 1.73. The first-order valence-corrected chi connectivity index (χ1v) is 5.81. The van der Waals surface area contributed by atoms with Crippen LogP contribution in [0.3, 0.4) is 0 Å². The standard InChI is InChI=1S/C15H13FN2O/c1-10-6-13(16)3-5-14(10)19-15-4-2-11(8-17)7-12(15)9-18/h2-7H,8,17H2,1H3. The van der Waals surface area contributed by atoms with Crippen LogP contribution in [0, 0.1) is 24.1 Å². The van der Waals surface area contributed by atoms with Crippen LogP contribution in [0.15, 0.2) is 36.4 Å². The van der Waals surface area contributed by atoms with Crippen LogP contribution in [-0.2, 0) is 6.54 Å². The van der Waals surface area contributed by atoms with Crippen LogP contribution in [0.5, 0.6) is 11.5 Å². The number of rotatable bonds is 3. The molecule has 3 nitrogen and oxygen atoms in total. The minimum Gasteiger partial charge on any atom is -0.456 e. The third kappa shape index (κ3) is 2.90. The summed E-state index contributed by atoms with van der Waals surface area (Å²) in [5, 5.41) is 9.10. The van der Waals surface area contributed by atoms with Crippen molar-refractivity contribution in [3.63, 3.8) is 0 Å². The van der Waals surface area contributed by atoms with Gasteiger partial charge in [0.05, 0.1) is 5.56 Å². The van der Waals surface area contributed by atoms with Gasteiger partial charge in [-0.3, -0.25) is 0 Å². The van der Waals surface area contributed by atoms with E-state index >= 15 is 0 Å². The predicted molar refractivity (Wildman–Crippen MR) is 70.3 cm³/mol. The van der Waals surface area contributed by atoms with E-state index in [-0.39, 0.29) is 5.82 Å². The second-order valence-electron chi connectivity index (χ2n) is 4.16. The summed E-state index contributed by atoms with van der Waals surface area (Å²) in [6.07, 6.45) is 0. The molecular weight excluding hydrogens is 243 g/mol.